The number of nitrogens with zero attached hydrogens (tertiary/aromatic N) is 2. The van der Waals surface area contributed by atoms with Gasteiger partial charge < -0.3 is 5.32 Å². The molecule has 0 aromatic carbocycles. The van der Waals surface area contributed by atoms with Crippen LogP contribution in [0.3, 0.4) is 0 Å². The Balaban J connectivity index is 1.70. The maximum absolute atomic E-state index is 12.0. The van der Waals surface area contributed by atoms with Crippen LogP contribution < -0.4 is 5.32 Å². The summed E-state index contributed by atoms with van der Waals surface area (Å²) in [5.41, 5.74) is 1.97. The number of thiophene rings is 1. The van der Waals surface area contributed by atoms with Crippen LogP contribution >= 0.6 is 22.7 Å². The molecule has 0 fully saturated rings. The van der Waals surface area contributed by atoms with Crippen LogP contribution in [0.5, 0.6) is 0 Å². The molecular weight excluding hydrogens is 314 g/mol. The first-order chi connectivity index (χ1) is 10.6. The molecule has 0 atom stereocenters. The molecule has 0 aliphatic carbocycles. The van der Waals surface area contributed by atoms with E-state index in [9.17, 15) is 4.79 Å². The molecule has 0 saturated heterocycles. The molecule has 0 radical (unpaired) electrons. The average molecular weight is 333 g/mol. The van der Waals surface area contributed by atoms with Crippen LogP contribution in [-0.4, -0.2) is 21.8 Å². The van der Waals surface area contributed by atoms with Crippen molar-refractivity contribution in [2.75, 3.05) is 6.54 Å². The highest BCUT2D eigenvalue weighted by Gasteiger charge is 2.12. The number of fused-ring (bicyclic) bond motifs is 1. The van der Waals surface area contributed by atoms with Crippen molar-refractivity contribution >= 4 is 33.5 Å². The van der Waals surface area contributed by atoms with E-state index in [4.69, 9.17) is 0 Å². The van der Waals surface area contributed by atoms with Gasteiger partial charge in [0.15, 0.2) is 4.96 Å². The summed E-state index contributed by atoms with van der Waals surface area (Å²) in [4.78, 5) is 18.8. The van der Waals surface area contributed by atoms with E-state index in [0.29, 0.717) is 12.3 Å². The summed E-state index contributed by atoms with van der Waals surface area (Å²) in [6.07, 6.45) is 3.44. The Morgan fingerprint density at radius 2 is 2.27 bits per heavy atom. The van der Waals surface area contributed by atoms with Crippen molar-refractivity contribution < 1.29 is 4.79 Å². The van der Waals surface area contributed by atoms with Gasteiger partial charge in [0.05, 0.1) is 11.3 Å². The van der Waals surface area contributed by atoms with E-state index in [1.165, 1.54) is 0 Å². The summed E-state index contributed by atoms with van der Waals surface area (Å²) >= 11 is 3.26. The van der Waals surface area contributed by atoms with Crippen LogP contribution in [0.2, 0.25) is 0 Å². The van der Waals surface area contributed by atoms with Crippen LogP contribution in [0, 0.1) is 5.92 Å². The molecule has 0 bridgehead atoms. The second-order valence-corrected chi connectivity index (χ2v) is 7.48. The number of hydrogen-bond donors (Lipinski definition) is 1. The molecule has 0 unspecified atom stereocenters. The minimum atomic E-state index is 0.0757. The quantitative estimate of drug-likeness (QED) is 0.745. The number of imidazole rings is 1. The zero-order valence-corrected chi connectivity index (χ0v) is 14.3. The average Bonchev–Trinajstić information content (AvgIpc) is 3.15. The van der Waals surface area contributed by atoms with Crippen LogP contribution in [0.1, 0.15) is 26.0 Å². The Hall–Kier alpha value is -1.66. The zero-order valence-electron chi connectivity index (χ0n) is 12.7. The zero-order chi connectivity index (χ0) is 15.5. The fourth-order valence-electron chi connectivity index (χ4n) is 2.23. The Bertz CT molecular complexity index is 756. The predicted octanol–water partition coefficient (Wildman–Crippen LogP) is 3.83. The number of aromatic nitrogens is 2. The molecule has 0 aliphatic heterocycles. The Kier molecular flexibility index (Phi) is 4.59. The number of carbonyl (C=O) groups is 1. The van der Waals surface area contributed by atoms with E-state index in [2.05, 4.69) is 30.2 Å². The molecule has 22 heavy (non-hydrogen) atoms. The van der Waals surface area contributed by atoms with Crippen molar-refractivity contribution in [3.8, 4) is 10.6 Å². The van der Waals surface area contributed by atoms with Gasteiger partial charge in [-0.25, -0.2) is 4.98 Å². The number of amides is 1. The molecule has 3 aromatic rings. The summed E-state index contributed by atoms with van der Waals surface area (Å²) in [6.45, 7) is 5.06. The third-order valence-corrected chi connectivity index (χ3v) is 5.22. The molecule has 1 amide bonds. The minimum absolute atomic E-state index is 0.0757. The van der Waals surface area contributed by atoms with E-state index in [1.54, 1.807) is 22.7 Å². The highest BCUT2D eigenvalue weighted by Crippen LogP contribution is 2.27. The number of thiazole rings is 1. The second kappa shape index (κ2) is 6.62. The summed E-state index contributed by atoms with van der Waals surface area (Å²) in [5, 5.41) is 7.05. The van der Waals surface area contributed by atoms with Gasteiger partial charge >= 0.3 is 0 Å². The van der Waals surface area contributed by atoms with E-state index < -0.39 is 0 Å². The molecule has 3 heterocycles. The first-order valence-electron chi connectivity index (χ1n) is 7.39. The van der Waals surface area contributed by atoms with Gasteiger partial charge in [0.1, 0.15) is 5.69 Å². The van der Waals surface area contributed by atoms with Gasteiger partial charge in [0.2, 0.25) is 5.91 Å². The number of rotatable bonds is 6. The highest BCUT2D eigenvalue weighted by atomic mass is 32.1. The molecule has 4 nitrogen and oxygen atoms in total. The lowest BCUT2D eigenvalue weighted by Crippen LogP contribution is -2.27. The van der Waals surface area contributed by atoms with Gasteiger partial charge in [0.25, 0.3) is 0 Å². The lowest BCUT2D eigenvalue weighted by atomic mass is 10.1. The van der Waals surface area contributed by atoms with Crippen molar-refractivity contribution in [2.45, 2.75) is 26.7 Å². The molecule has 3 aromatic heterocycles. The summed E-state index contributed by atoms with van der Waals surface area (Å²) in [7, 11) is 0. The molecule has 3 rings (SSSR count). The lowest BCUT2D eigenvalue weighted by molar-refractivity contribution is -0.120. The standard InChI is InChI=1S/C16H19N3OS2/c1-11(2)5-6-17-15(20)8-12-10-22-16-18-13(9-19(12)16)14-4-3-7-21-14/h3-4,7,9-11H,5-6,8H2,1-2H3,(H,17,20). The largest absolute Gasteiger partial charge is 0.356 e. The molecule has 6 heteroatoms. The maximum Gasteiger partial charge on any atom is 0.225 e. The van der Waals surface area contributed by atoms with Crippen molar-refractivity contribution in [3.63, 3.8) is 0 Å². The maximum atomic E-state index is 12.0. The van der Waals surface area contributed by atoms with E-state index in [-0.39, 0.29) is 5.91 Å². The van der Waals surface area contributed by atoms with E-state index >= 15 is 0 Å². The third-order valence-electron chi connectivity index (χ3n) is 3.44. The molecule has 0 saturated carbocycles. The van der Waals surface area contributed by atoms with Crippen molar-refractivity contribution in [1.29, 1.82) is 0 Å². The predicted molar refractivity (Wildman–Crippen MR) is 92.6 cm³/mol. The first kappa shape index (κ1) is 15.2. The Morgan fingerprint density at radius 1 is 1.41 bits per heavy atom. The Labute approximate surface area is 137 Å². The topological polar surface area (TPSA) is 46.4 Å². The van der Waals surface area contributed by atoms with Crippen LogP contribution in [-0.2, 0) is 11.2 Å². The van der Waals surface area contributed by atoms with Crippen LogP contribution in [0.4, 0.5) is 0 Å². The first-order valence-corrected chi connectivity index (χ1v) is 9.15. The fraction of sp³-hybridized carbons (Fsp3) is 0.375. The third kappa shape index (κ3) is 3.39. The monoisotopic (exact) mass is 333 g/mol. The minimum Gasteiger partial charge on any atom is -0.356 e. The fourth-order valence-corrected chi connectivity index (χ4v) is 3.78. The van der Waals surface area contributed by atoms with Crippen molar-refractivity contribution in [2.24, 2.45) is 5.92 Å². The van der Waals surface area contributed by atoms with Gasteiger partial charge in [-0.3, -0.25) is 9.20 Å². The van der Waals surface area contributed by atoms with Gasteiger partial charge in [-0.15, -0.1) is 22.7 Å². The number of hydrogen-bond acceptors (Lipinski definition) is 4. The lowest BCUT2D eigenvalue weighted by Gasteiger charge is -2.06. The molecule has 0 aliphatic rings. The smallest absolute Gasteiger partial charge is 0.225 e. The number of carbonyl (C=O) groups excluding carboxylic acids is 1. The Morgan fingerprint density at radius 3 is 3.00 bits per heavy atom. The SMILES string of the molecule is CC(C)CCNC(=O)Cc1csc2nc(-c3cccs3)cn12. The van der Waals surface area contributed by atoms with Crippen molar-refractivity contribution in [1.82, 2.24) is 14.7 Å². The van der Waals surface area contributed by atoms with E-state index in [0.717, 1.165) is 34.2 Å². The molecule has 1 N–H and O–H groups in total. The molecule has 0 spiro atoms. The summed E-state index contributed by atoms with van der Waals surface area (Å²) in [6, 6.07) is 4.09. The highest BCUT2D eigenvalue weighted by molar-refractivity contribution is 7.15. The van der Waals surface area contributed by atoms with Crippen molar-refractivity contribution in [3.05, 3.63) is 34.8 Å². The molecule has 116 valence electrons. The van der Waals surface area contributed by atoms with Gasteiger partial charge in [-0.05, 0) is 23.8 Å². The van der Waals surface area contributed by atoms with Gasteiger partial charge in [-0.1, -0.05) is 19.9 Å². The van der Waals surface area contributed by atoms with Crippen LogP contribution in [0.15, 0.2) is 29.1 Å². The van der Waals surface area contributed by atoms with Crippen LogP contribution in [0.25, 0.3) is 15.5 Å². The van der Waals surface area contributed by atoms with Gasteiger partial charge in [0, 0.05) is 23.8 Å². The van der Waals surface area contributed by atoms with E-state index in [1.807, 2.05) is 27.4 Å². The second-order valence-electron chi connectivity index (χ2n) is 5.69. The number of nitrogens with one attached hydrogen (secondary N) is 1. The van der Waals surface area contributed by atoms with Gasteiger partial charge in [-0.2, -0.15) is 0 Å². The molecular formula is C16H19N3OS2. The summed E-state index contributed by atoms with van der Waals surface area (Å²) in [5.74, 6) is 0.682. The normalized spacial score (nSPS) is 11.4. The summed E-state index contributed by atoms with van der Waals surface area (Å²) < 4.78 is 2.03.